The predicted octanol–water partition coefficient (Wildman–Crippen LogP) is 2.71. The van der Waals surface area contributed by atoms with Gasteiger partial charge in [-0.05, 0) is 44.9 Å². The highest BCUT2D eigenvalue weighted by Crippen LogP contribution is 2.38. The molecule has 11 nitrogen and oxygen atoms in total. The van der Waals surface area contributed by atoms with Crippen molar-refractivity contribution in [2.45, 2.75) is 44.3 Å². The maximum Gasteiger partial charge on any atom is 0.232 e. The van der Waals surface area contributed by atoms with Gasteiger partial charge < -0.3 is 20.9 Å². The van der Waals surface area contributed by atoms with Gasteiger partial charge in [0.25, 0.3) is 0 Å². The van der Waals surface area contributed by atoms with Gasteiger partial charge in [-0.1, -0.05) is 11.6 Å². The molecule has 37 heavy (non-hydrogen) atoms. The Bertz CT molecular complexity index is 1410. The number of piperazine rings is 1. The second-order valence-corrected chi connectivity index (χ2v) is 10.4. The van der Waals surface area contributed by atoms with Crippen LogP contribution in [0.2, 0.25) is 5.02 Å². The van der Waals surface area contributed by atoms with E-state index in [1.54, 1.807) is 10.6 Å². The van der Waals surface area contributed by atoms with Crippen LogP contribution >= 0.6 is 11.6 Å². The summed E-state index contributed by atoms with van der Waals surface area (Å²) in [5.41, 5.74) is 2.62. The lowest BCUT2D eigenvalue weighted by Crippen LogP contribution is -2.55. The highest BCUT2D eigenvalue weighted by molar-refractivity contribution is 6.36. The van der Waals surface area contributed by atoms with E-state index in [-0.39, 0.29) is 12.0 Å². The number of hydrogen-bond acceptors (Lipinski definition) is 10. The van der Waals surface area contributed by atoms with E-state index in [1.165, 1.54) is 12.6 Å². The van der Waals surface area contributed by atoms with E-state index in [4.69, 9.17) is 11.6 Å². The molecule has 0 bridgehead atoms. The molecule has 1 saturated carbocycles. The number of nitrogens with one attached hydrogen (secondary N) is 3. The average Bonchev–Trinajstić information content (AvgIpc) is 3.37. The van der Waals surface area contributed by atoms with Crippen molar-refractivity contribution in [2.75, 3.05) is 48.3 Å². The highest BCUT2D eigenvalue weighted by Gasteiger charge is 2.31. The summed E-state index contributed by atoms with van der Waals surface area (Å²) in [6, 6.07) is 9.11. The Kier molecular flexibility index (Phi) is 6.21. The van der Waals surface area contributed by atoms with E-state index in [2.05, 4.69) is 59.9 Å². The number of anilines is 4. The molecule has 0 amide bonds. The van der Waals surface area contributed by atoms with E-state index in [0.717, 1.165) is 51.3 Å². The van der Waals surface area contributed by atoms with Crippen LogP contribution in [0.3, 0.4) is 0 Å². The largest absolute Gasteiger partial charge is 0.365 e. The van der Waals surface area contributed by atoms with E-state index in [0.29, 0.717) is 45.5 Å². The van der Waals surface area contributed by atoms with E-state index < -0.39 is 0 Å². The molecule has 2 aliphatic heterocycles. The molecular weight excluding hydrogens is 490 g/mol. The topological polar surface area (TPSA) is 133 Å². The molecule has 4 heterocycles. The molecule has 3 aromatic rings. The van der Waals surface area contributed by atoms with Crippen molar-refractivity contribution in [1.29, 1.82) is 10.5 Å². The van der Waals surface area contributed by atoms with Crippen molar-refractivity contribution in [2.24, 2.45) is 0 Å². The van der Waals surface area contributed by atoms with Gasteiger partial charge in [-0.15, -0.1) is 0 Å². The molecule has 0 unspecified atom stereocenters. The fourth-order valence-electron chi connectivity index (χ4n) is 5.24. The quantitative estimate of drug-likeness (QED) is 0.448. The van der Waals surface area contributed by atoms with Crippen LogP contribution in [0.15, 0.2) is 18.3 Å². The third-order valence-electron chi connectivity index (χ3n) is 7.35. The van der Waals surface area contributed by atoms with Crippen LogP contribution in [-0.4, -0.2) is 75.3 Å². The van der Waals surface area contributed by atoms with Gasteiger partial charge in [-0.2, -0.15) is 30.1 Å². The van der Waals surface area contributed by atoms with Crippen molar-refractivity contribution in [3.8, 4) is 12.1 Å². The molecule has 2 atom stereocenters. The van der Waals surface area contributed by atoms with Gasteiger partial charge in [-0.25, -0.2) is 0 Å². The van der Waals surface area contributed by atoms with Crippen molar-refractivity contribution in [3.05, 3.63) is 34.5 Å². The molecule has 12 heteroatoms. The van der Waals surface area contributed by atoms with Gasteiger partial charge in [0, 0.05) is 44.3 Å². The molecular formula is C25H28ClN11. The first-order valence-electron chi connectivity index (χ1n) is 12.7. The van der Waals surface area contributed by atoms with Gasteiger partial charge in [0.1, 0.15) is 11.6 Å². The minimum Gasteiger partial charge on any atom is -0.365 e. The Balaban J connectivity index is 1.32. The van der Waals surface area contributed by atoms with E-state index in [9.17, 15) is 10.5 Å². The number of halogens is 1. The molecule has 3 aliphatic rings. The summed E-state index contributed by atoms with van der Waals surface area (Å²) in [6.07, 6.45) is 4.78. The molecule has 3 N–H and O–H groups in total. The molecule has 6 rings (SSSR count). The minimum absolute atomic E-state index is 0.237. The van der Waals surface area contributed by atoms with Crippen molar-refractivity contribution < 1.29 is 0 Å². The predicted molar refractivity (Wildman–Crippen MR) is 141 cm³/mol. The first kappa shape index (κ1) is 23.7. The number of aromatic nitrogens is 4. The van der Waals surface area contributed by atoms with Crippen LogP contribution < -0.4 is 20.9 Å². The summed E-state index contributed by atoms with van der Waals surface area (Å²) in [5.74, 6) is 0.789. The monoisotopic (exact) mass is 517 g/mol. The number of fused-ring (bicyclic) bond motifs is 1. The lowest BCUT2D eigenvalue weighted by Gasteiger charge is -2.44. The lowest BCUT2D eigenvalue weighted by molar-refractivity contribution is 0.174. The Hall–Kier alpha value is -3.64. The zero-order valence-electron chi connectivity index (χ0n) is 20.6. The maximum atomic E-state index is 9.78. The Morgan fingerprint density at radius 2 is 2.00 bits per heavy atom. The number of rotatable bonds is 6. The van der Waals surface area contributed by atoms with E-state index >= 15 is 0 Å². The first-order valence-corrected chi connectivity index (χ1v) is 13.1. The molecule has 2 saturated heterocycles. The number of nitrogens with zero attached hydrogens (tertiary/aromatic N) is 8. The normalized spacial score (nSPS) is 22.1. The van der Waals surface area contributed by atoms with Crippen LogP contribution in [-0.2, 0) is 0 Å². The van der Waals surface area contributed by atoms with Crippen molar-refractivity contribution in [1.82, 2.24) is 29.8 Å². The molecule has 0 spiro atoms. The molecule has 1 aromatic carbocycles. The summed E-state index contributed by atoms with van der Waals surface area (Å²) >= 11 is 6.96. The Morgan fingerprint density at radius 3 is 2.70 bits per heavy atom. The van der Waals surface area contributed by atoms with Crippen LogP contribution in [0.5, 0.6) is 0 Å². The minimum atomic E-state index is 0.237. The molecule has 2 aromatic heterocycles. The lowest BCUT2D eigenvalue weighted by atomic mass is 10.1. The van der Waals surface area contributed by atoms with Gasteiger partial charge in [0.15, 0.2) is 5.65 Å². The summed E-state index contributed by atoms with van der Waals surface area (Å²) < 4.78 is 1.54. The maximum absolute atomic E-state index is 9.78. The summed E-state index contributed by atoms with van der Waals surface area (Å²) in [5, 5.41) is 34.1. The fourth-order valence-corrected chi connectivity index (χ4v) is 5.50. The average molecular weight is 518 g/mol. The van der Waals surface area contributed by atoms with Crippen LogP contribution in [0.25, 0.3) is 5.65 Å². The Morgan fingerprint density at radius 1 is 1.14 bits per heavy atom. The van der Waals surface area contributed by atoms with Crippen LogP contribution in [0.4, 0.5) is 23.3 Å². The van der Waals surface area contributed by atoms with Crippen molar-refractivity contribution in [3.63, 3.8) is 0 Å². The van der Waals surface area contributed by atoms with Crippen LogP contribution in [0.1, 0.15) is 37.3 Å². The third kappa shape index (κ3) is 4.62. The third-order valence-corrected chi connectivity index (χ3v) is 7.74. The second-order valence-electron chi connectivity index (χ2n) is 9.97. The van der Waals surface area contributed by atoms with E-state index in [1.807, 2.05) is 6.07 Å². The zero-order valence-corrected chi connectivity index (χ0v) is 21.3. The molecule has 3 fully saturated rings. The van der Waals surface area contributed by atoms with Crippen molar-refractivity contribution >= 4 is 40.5 Å². The fraction of sp³-hybridized carbons (Fsp3) is 0.480. The second kappa shape index (κ2) is 9.67. The first-order chi connectivity index (χ1) is 18.0. The SMILES string of the molecule is C[C@H]1CN([C@H]2CCNC2)CCN1c1cc(C#N)cc(Nc2nc(NC3CC3)n3ncc(C#N)c3n2)c1Cl. The van der Waals surface area contributed by atoms with Crippen LogP contribution in [0, 0.1) is 22.7 Å². The zero-order chi connectivity index (χ0) is 25.5. The van der Waals surface area contributed by atoms with Gasteiger partial charge in [-0.3, -0.25) is 4.90 Å². The number of benzene rings is 1. The number of nitriles is 2. The highest BCUT2D eigenvalue weighted by atomic mass is 35.5. The summed E-state index contributed by atoms with van der Waals surface area (Å²) in [6.45, 7) is 7.03. The van der Waals surface area contributed by atoms with Gasteiger partial charge >= 0.3 is 0 Å². The molecule has 1 aliphatic carbocycles. The number of hydrogen-bond donors (Lipinski definition) is 3. The summed E-state index contributed by atoms with van der Waals surface area (Å²) in [7, 11) is 0. The summed E-state index contributed by atoms with van der Waals surface area (Å²) in [4.78, 5) is 14.0. The molecule has 0 radical (unpaired) electrons. The van der Waals surface area contributed by atoms with Gasteiger partial charge in [0.2, 0.25) is 11.9 Å². The van der Waals surface area contributed by atoms with Gasteiger partial charge in [0.05, 0.1) is 34.2 Å². The standard InChI is InChI=1S/C25H28ClN11/c1-15-14-35(19-4-5-29-13-19)6-7-36(15)21-9-16(10-27)8-20(22(21)26)32-24-33-23-17(11-28)12-30-37(23)25(34-24)31-18-2-3-18/h8-9,12,15,18-19,29H,2-7,13-14H2,1H3,(H2,31,32,33,34)/t15-,19-/m0/s1. The Labute approximate surface area is 220 Å². The smallest absolute Gasteiger partial charge is 0.232 e. The molecule has 190 valence electrons.